The van der Waals surface area contributed by atoms with Gasteiger partial charge in [-0.3, -0.25) is 5.43 Å². The third-order valence-electron chi connectivity index (χ3n) is 3.34. The van der Waals surface area contributed by atoms with Crippen LogP contribution in [-0.4, -0.2) is 16.4 Å². The number of anilines is 1. The summed E-state index contributed by atoms with van der Waals surface area (Å²) in [6, 6.07) is 20.9. The number of aromatic hydroxyl groups is 1. The molecule has 0 atom stereocenters. The van der Waals surface area contributed by atoms with Crippen LogP contribution in [0.25, 0.3) is 10.8 Å². The molecule has 0 aliphatic carbocycles. The smallest absolute Gasteiger partial charge is 0.191 e. The number of fused-ring (bicyclic) bond motifs is 1. The van der Waals surface area contributed by atoms with E-state index in [1.165, 1.54) is 0 Å². The third kappa shape index (κ3) is 3.64. The number of nitrogens with zero attached hydrogens (tertiary/aromatic N) is 1. The molecule has 4 nitrogen and oxygen atoms in total. The average molecular weight is 321 g/mol. The Balaban J connectivity index is 1.73. The molecular formula is C18H15N3OS. The molecule has 3 aromatic rings. The topological polar surface area (TPSA) is 56.7 Å². The number of para-hydroxylation sites is 1. The largest absolute Gasteiger partial charge is 0.507 e. The van der Waals surface area contributed by atoms with E-state index in [9.17, 15) is 5.11 Å². The zero-order valence-corrected chi connectivity index (χ0v) is 13.0. The summed E-state index contributed by atoms with van der Waals surface area (Å²) in [5.74, 6) is 0.177. The molecule has 0 saturated carbocycles. The standard InChI is InChI=1S/C18H15N3OS/c22-17-11-10-13-6-4-5-9-15(13)16(17)12-19-21-18(23)20-14-7-2-1-3-8-14/h1-12,22H,(H2,20,21,23). The molecule has 3 rings (SSSR count). The Hall–Kier alpha value is -2.92. The molecule has 0 aliphatic rings. The second-order valence-corrected chi connectivity index (χ2v) is 5.32. The first kappa shape index (κ1) is 15.0. The van der Waals surface area contributed by atoms with Gasteiger partial charge in [0.05, 0.1) is 6.21 Å². The molecule has 0 aromatic heterocycles. The number of hydrogen-bond acceptors (Lipinski definition) is 3. The number of rotatable bonds is 3. The average Bonchev–Trinajstić information content (AvgIpc) is 2.58. The van der Waals surface area contributed by atoms with Crippen LogP contribution in [0.2, 0.25) is 0 Å². The van der Waals surface area contributed by atoms with E-state index in [1.807, 2.05) is 60.7 Å². The molecule has 5 heteroatoms. The number of thiocarbonyl (C=S) groups is 1. The van der Waals surface area contributed by atoms with Crippen LogP contribution in [0.1, 0.15) is 5.56 Å². The Morgan fingerprint density at radius 2 is 1.70 bits per heavy atom. The van der Waals surface area contributed by atoms with Gasteiger partial charge < -0.3 is 10.4 Å². The molecule has 0 amide bonds. The summed E-state index contributed by atoms with van der Waals surface area (Å²) in [6.45, 7) is 0. The van der Waals surface area contributed by atoms with E-state index in [1.54, 1.807) is 12.3 Å². The van der Waals surface area contributed by atoms with E-state index in [0.29, 0.717) is 10.7 Å². The van der Waals surface area contributed by atoms with Gasteiger partial charge in [-0.2, -0.15) is 5.10 Å². The highest BCUT2D eigenvalue weighted by Crippen LogP contribution is 2.25. The predicted molar refractivity (Wildman–Crippen MR) is 99.0 cm³/mol. The zero-order chi connectivity index (χ0) is 16.1. The van der Waals surface area contributed by atoms with Gasteiger partial charge in [-0.15, -0.1) is 0 Å². The van der Waals surface area contributed by atoms with Crippen molar-refractivity contribution in [1.82, 2.24) is 5.43 Å². The fraction of sp³-hybridized carbons (Fsp3) is 0. The molecule has 3 N–H and O–H groups in total. The van der Waals surface area contributed by atoms with E-state index in [0.717, 1.165) is 16.5 Å². The van der Waals surface area contributed by atoms with Gasteiger partial charge in [0, 0.05) is 11.3 Å². The SMILES string of the molecule is Oc1ccc2ccccc2c1C=NNC(=S)Nc1ccccc1. The van der Waals surface area contributed by atoms with Gasteiger partial charge in [0.2, 0.25) is 0 Å². The summed E-state index contributed by atoms with van der Waals surface area (Å²) in [4.78, 5) is 0. The van der Waals surface area contributed by atoms with Crippen molar-refractivity contribution < 1.29 is 5.11 Å². The van der Waals surface area contributed by atoms with Gasteiger partial charge in [0.25, 0.3) is 0 Å². The molecule has 0 radical (unpaired) electrons. The second kappa shape index (κ2) is 6.89. The molecular weight excluding hydrogens is 306 g/mol. The third-order valence-corrected chi connectivity index (χ3v) is 3.53. The maximum atomic E-state index is 10.0. The summed E-state index contributed by atoms with van der Waals surface area (Å²) in [5, 5.41) is 19.5. The van der Waals surface area contributed by atoms with Crippen LogP contribution in [0, 0.1) is 0 Å². The van der Waals surface area contributed by atoms with Crippen LogP contribution < -0.4 is 10.7 Å². The number of phenols is 1. The van der Waals surface area contributed by atoms with Crippen molar-refractivity contribution in [3.05, 3.63) is 72.3 Å². The lowest BCUT2D eigenvalue weighted by molar-refractivity contribution is 0.475. The zero-order valence-electron chi connectivity index (χ0n) is 12.2. The van der Waals surface area contributed by atoms with Gasteiger partial charge in [0.15, 0.2) is 5.11 Å². The first-order valence-electron chi connectivity index (χ1n) is 7.10. The molecule has 0 bridgehead atoms. The van der Waals surface area contributed by atoms with Crippen molar-refractivity contribution in [1.29, 1.82) is 0 Å². The molecule has 0 unspecified atom stereocenters. The second-order valence-electron chi connectivity index (χ2n) is 4.91. The molecule has 0 saturated heterocycles. The van der Waals surface area contributed by atoms with E-state index >= 15 is 0 Å². The van der Waals surface area contributed by atoms with E-state index in [-0.39, 0.29) is 5.75 Å². The normalized spacial score (nSPS) is 10.8. The van der Waals surface area contributed by atoms with E-state index < -0.39 is 0 Å². The molecule has 0 spiro atoms. The summed E-state index contributed by atoms with van der Waals surface area (Å²) in [6.07, 6.45) is 1.57. The maximum absolute atomic E-state index is 10.0. The monoisotopic (exact) mass is 321 g/mol. The van der Waals surface area contributed by atoms with Crippen molar-refractivity contribution in [2.24, 2.45) is 5.10 Å². The van der Waals surface area contributed by atoms with Crippen molar-refractivity contribution in [2.45, 2.75) is 0 Å². The number of hydrogen-bond donors (Lipinski definition) is 3. The summed E-state index contributed by atoms with van der Waals surface area (Å²) < 4.78 is 0. The van der Waals surface area contributed by atoms with Crippen LogP contribution in [0.5, 0.6) is 5.75 Å². The van der Waals surface area contributed by atoms with Gasteiger partial charge in [-0.05, 0) is 41.2 Å². The Bertz CT molecular complexity index is 863. The van der Waals surface area contributed by atoms with E-state index in [2.05, 4.69) is 15.8 Å². The van der Waals surface area contributed by atoms with Crippen LogP contribution in [0.3, 0.4) is 0 Å². The minimum absolute atomic E-state index is 0.177. The van der Waals surface area contributed by atoms with Gasteiger partial charge in [0.1, 0.15) is 5.75 Å². The van der Waals surface area contributed by atoms with Crippen molar-refractivity contribution in [2.75, 3.05) is 5.32 Å². The molecule has 23 heavy (non-hydrogen) atoms. The summed E-state index contributed by atoms with van der Waals surface area (Å²) in [5.41, 5.74) is 4.28. The van der Waals surface area contributed by atoms with E-state index in [4.69, 9.17) is 12.2 Å². The molecule has 0 fully saturated rings. The van der Waals surface area contributed by atoms with Crippen molar-refractivity contribution >= 4 is 40.0 Å². The van der Waals surface area contributed by atoms with Crippen LogP contribution in [0.15, 0.2) is 71.8 Å². The lowest BCUT2D eigenvalue weighted by atomic mass is 10.0. The minimum Gasteiger partial charge on any atom is -0.507 e. The molecule has 0 aliphatic heterocycles. The van der Waals surface area contributed by atoms with Crippen molar-refractivity contribution in [3.63, 3.8) is 0 Å². The fourth-order valence-electron chi connectivity index (χ4n) is 2.26. The van der Waals surface area contributed by atoms with Gasteiger partial charge >= 0.3 is 0 Å². The van der Waals surface area contributed by atoms with Gasteiger partial charge in [-0.1, -0.05) is 48.5 Å². The van der Waals surface area contributed by atoms with Crippen LogP contribution >= 0.6 is 12.2 Å². The molecule has 114 valence electrons. The Labute approximate surface area is 139 Å². The lowest BCUT2D eigenvalue weighted by Gasteiger charge is -2.07. The van der Waals surface area contributed by atoms with Crippen molar-refractivity contribution in [3.8, 4) is 5.75 Å². The highest BCUT2D eigenvalue weighted by Gasteiger charge is 2.04. The molecule has 0 heterocycles. The molecule has 3 aromatic carbocycles. The summed E-state index contributed by atoms with van der Waals surface area (Å²) >= 11 is 5.18. The quantitative estimate of drug-likeness (QED) is 0.389. The Morgan fingerprint density at radius 3 is 2.52 bits per heavy atom. The number of hydrazone groups is 1. The van der Waals surface area contributed by atoms with Gasteiger partial charge in [-0.25, -0.2) is 0 Å². The number of nitrogens with one attached hydrogen (secondary N) is 2. The minimum atomic E-state index is 0.177. The number of benzene rings is 3. The highest BCUT2D eigenvalue weighted by atomic mass is 32.1. The maximum Gasteiger partial charge on any atom is 0.191 e. The first-order chi connectivity index (χ1) is 11.2. The van der Waals surface area contributed by atoms with Crippen LogP contribution in [0.4, 0.5) is 5.69 Å². The summed E-state index contributed by atoms with van der Waals surface area (Å²) in [7, 11) is 0. The number of phenolic OH excluding ortho intramolecular Hbond substituents is 1. The Morgan fingerprint density at radius 1 is 0.957 bits per heavy atom. The Kier molecular flexibility index (Phi) is 4.49. The first-order valence-corrected chi connectivity index (χ1v) is 7.51. The predicted octanol–water partition coefficient (Wildman–Crippen LogP) is 3.87. The van der Waals surface area contributed by atoms with Crippen LogP contribution in [-0.2, 0) is 0 Å². The lowest BCUT2D eigenvalue weighted by Crippen LogP contribution is -2.23. The fourth-order valence-corrected chi connectivity index (χ4v) is 2.43. The highest BCUT2D eigenvalue weighted by molar-refractivity contribution is 7.80.